The number of rotatable bonds is 14. The third kappa shape index (κ3) is 8.48. The molecule has 0 saturated heterocycles. The van der Waals surface area contributed by atoms with Crippen LogP contribution in [0.15, 0.2) is 218 Å². The zero-order chi connectivity index (χ0) is 54.8. The average molecular weight is 1040 g/mol. The molecule has 4 heterocycles. The first-order chi connectivity index (χ1) is 38.2. The van der Waals surface area contributed by atoms with Gasteiger partial charge < -0.3 is 9.80 Å². The lowest BCUT2D eigenvalue weighted by molar-refractivity contribution is -0.401. The van der Waals surface area contributed by atoms with Crippen LogP contribution in [0.5, 0.6) is 0 Å². The number of hydrogen-bond acceptors (Lipinski definition) is 2. The summed E-state index contributed by atoms with van der Waals surface area (Å²) in [6.45, 7) is 21.1. The normalized spacial score (nSPS) is 21.0. The quantitative estimate of drug-likeness (QED) is 0.101. The van der Waals surface area contributed by atoms with E-state index in [0.29, 0.717) is 0 Å². The summed E-state index contributed by atoms with van der Waals surface area (Å²) >= 11 is 0. The Labute approximate surface area is 470 Å². The zero-order valence-electron chi connectivity index (χ0n) is 48.4. The molecule has 79 heavy (non-hydrogen) atoms. The molecule has 4 aliphatic rings. The summed E-state index contributed by atoms with van der Waals surface area (Å²) in [5.74, 6) is 0. The molecule has 8 aromatic carbocycles. The Kier molecular flexibility index (Phi) is 13.2. The average Bonchev–Trinajstić information content (AvgIpc) is 3.87. The number of fused-ring (bicyclic) bond motifs is 8. The van der Waals surface area contributed by atoms with Crippen LogP contribution in [-0.4, -0.2) is 47.8 Å². The number of anilines is 2. The second kappa shape index (κ2) is 20.1. The van der Waals surface area contributed by atoms with Crippen LogP contribution in [0, 0.1) is 0 Å². The van der Waals surface area contributed by atoms with Crippen molar-refractivity contribution in [2.45, 2.75) is 109 Å². The van der Waals surface area contributed by atoms with Gasteiger partial charge in [0.05, 0.1) is 10.8 Å². The molecule has 0 N–H and O–H groups in total. The van der Waals surface area contributed by atoms with Gasteiger partial charge in [-0.2, -0.15) is 9.15 Å². The molecule has 396 valence electrons. The summed E-state index contributed by atoms with van der Waals surface area (Å²) in [6, 6.07) is 63.8. The van der Waals surface area contributed by atoms with Crippen molar-refractivity contribution in [3.63, 3.8) is 0 Å². The highest BCUT2D eigenvalue weighted by atomic mass is 15.2. The topological polar surface area (TPSA) is 12.5 Å². The maximum absolute atomic E-state index is 2.55. The van der Waals surface area contributed by atoms with Crippen LogP contribution >= 0.6 is 0 Å². The molecule has 0 aromatic heterocycles. The van der Waals surface area contributed by atoms with Gasteiger partial charge in [0.25, 0.3) is 0 Å². The van der Waals surface area contributed by atoms with E-state index < -0.39 is 0 Å². The lowest BCUT2D eigenvalue weighted by Crippen LogP contribution is -2.33. The molecule has 8 aromatic rings. The smallest absolute Gasteiger partial charge is 0.210 e. The van der Waals surface area contributed by atoms with Crippen LogP contribution in [0.4, 0.5) is 22.7 Å². The maximum atomic E-state index is 2.55. The van der Waals surface area contributed by atoms with Crippen LogP contribution in [0.25, 0.3) is 21.5 Å². The van der Waals surface area contributed by atoms with Crippen molar-refractivity contribution in [1.29, 1.82) is 0 Å². The molecule has 0 amide bonds. The van der Waals surface area contributed by atoms with Gasteiger partial charge >= 0.3 is 0 Å². The molecule has 0 radical (unpaired) electrons. The highest BCUT2D eigenvalue weighted by molar-refractivity contribution is 6.10. The molecule has 0 aliphatic carbocycles. The van der Waals surface area contributed by atoms with E-state index in [1.54, 1.807) is 0 Å². The van der Waals surface area contributed by atoms with Gasteiger partial charge in [0.15, 0.2) is 11.4 Å². The van der Waals surface area contributed by atoms with Gasteiger partial charge in [-0.15, -0.1) is 0 Å². The van der Waals surface area contributed by atoms with Crippen molar-refractivity contribution in [2.75, 3.05) is 37.0 Å². The summed E-state index contributed by atoms with van der Waals surface area (Å²) < 4.78 is 5.03. The zero-order valence-corrected chi connectivity index (χ0v) is 48.4. The maximum Gasteiger partial charge on any atom is 0.210 e. The SMILES string of the molecule is CCCN1/C(=C/C=C/C2=[N+](C)c3cc(Cc4cc5c(c6ccccc46)C(C)(Cc4ccccc4)C(/C=C/C=C4/N(CCC)c6ccccc6C4(C)C)=[N+]5C)c4ccccc4c3C2(C)Cc2ccccc2)C(C)(C)c2ccccc21. The van der Waals surface area contributed by atoms with E-state index in [4.69, 9.17) is 0 Å². The summed E-state index contributed by atoms with van der Waals surface area (Å²) in [4.78, 5) is 5.10. The Hall–Kier alpha value is -7.82. The van der Waals surface area contributed by atoms with Crippen molar-refractivity contribution < 1.29 is 9.15 Å². The highest BCUT2D eigenvalue weighted by Gasteiger charge is 2.50. The van der Waals surface area contributed by atoms with Gasteiger partial charge in [-0.25, -0.2) is 0 Å². The molecule has 4 aliphatic heterocycles. The van der Waals surface area contributed by atoms with Gasteiger partial charge in [-0.05, 0) is 125 Å². The highest BCUT2D eigenvalue weighted by Crippen LogP contribution is 2.52. The molecule has 4 nitrogen and oxygen atoms in total. The van der Waals surface area contributed by atoms with Crippen LogP contribution in [0.2, 0.25) is 0 Å². The van der Waals surface area contributed by atoms with E-state index in [0.717, 1.165) is 45.2 Å². The summed E-state index contributed by atoms with van der Waals surface area (Å²) in [5, 5.41) is 5.32. The first-order valence-electron chi connectivity index (χ1n) is 29.1. The van der Waals surface area contributed by atoms with Crippen LogP contribution in [-0.2, 0) is 40.9 Å². The molecular weight excluding hydrogens is 957 g/mol. The minimum Gasteiger partial charge on any atom is -0.344 e. The van der Waals surface area contributed by atoms with Crippen molar-refractivity contribution in [3.8, 4) is 0 Å². The molecule has 0 bridgehead atoms. The Morgan fingerprint density at radius 1 is 0.430 bits per heavy atom. The van der Waals surface area contributed by atoms with Crippen LogP contribution < -0.4 is 9.80 Å². The molecular formula is C75H78N4+2. The minimum atomic E-state index is -0.302. The monoisotopic (exact) mass is 1030 g/mol. The second-order valence-corrected chi connectivity index (χ2v) is 24.4. The first-order valence-corrected chi connectivity index (χ1v) is 29.1. The van der Waals surface area contributed by atoms with Gasteiger partial charge in [0, 0.05) is 82.1 Å². The van der Waals surface area contributed by atoms with E-state index in [2.05, 4.69) is 295 Å². The van der Waals surface area contributed by atoms with Gasteiger partial charge in [-0.1, -0.05) is 199 Å². The number of allylic oxidation sites excluding steroid dienone is 8. The van der Waals surface area contributed by atoms with Crippen molar-refractivity contribution in [3.05, 3.63) is 262 Å². The number of nitrogens with zero attached hydrogens (tertiary/aromatic N) is 4. The fraction of sp³-hybridized carbons (Fsp3) is 0.280. The van der Waals surface area contributed by atoms with E-state index in [1.807, 2.05) is 0 Å². The molecule has 4 heteroatoms. The standard InChI is InChI=1S/C75H78N4/c1-11-45-78-62-39-25-23-37-60(62)72(3,4)66(78)41-27-43-68-74(7,50-52-29-15-13-16-30-52)70-58-35-21-19-33-56(58)54(48-64(70)76(68)9)47-55-49-65-71(59-36-22-20-34-57(55)59)75(8,51-53-31-17-14-18-32-53)69(77(65)10)44-28-42-67-73(5,6)61-38-24-26-40-63(61)79(67)46-12-2/h13-44,48-49H,11-12,45-47,50-51H2,1-10H3/q+2. The van der Waals surface area contributed by atoms with E-state index in [9.17, 15) is 0 Å². The summed E-state index contributed by atoms with van der Waals surface area (Å²) in [6.07, 6.45) is 19.1. The number of benzene rings is 8. The van der Waals surface area contributed by atoms with Crippen molar-refractivity contribution in [2.24, 2.45) is 0 Å². The second-order valence-electron chi connectivity index (χ2n) is 24.4. The Balaban J connectivity index is 0.988. The van der Waals surface area contributed by atoms with Gasteiger partial charge in [0.1, 0.15) is 14.1 Å². The van der Waals surface area contributed by atoms with Crippen LogP contribution in [0.1, 0.15) is 113 Å². The Bertz CT molecular complexity index is 3640. The van der Waals surface area contributed by atoms with Crippen LogP contribution in [0.3, 0.4) is 0 Å². The number of para-hydroxylation sites is 2. The fourth-order valence-electron chi connectivity index (χ4n) is 14.9. The third-order valence-corrected chi connectivity index (χ3v) is 18.6. The third-order valence-electron chi connectivity index (χ3n) is 18.6. The number of hydrogen-bond donors (Lipinski definition) is 0. The predicted octanol–water partition coefficient (Wildman–Crippen LogP) is 17.3. The molecule has 12 rings (SSSR count). The largest absolute Gasteiger partial charge is 0.344 e. The predicted molar refractivity (Wildman–Crippen MR) is 336 cm³/mol. The summed E-state index contributed by atoms with van der Waals surface area (Å²) in [7, 11) is 4.61. The van der Waals surface area contributed by atoms with Gasteiger partial charge in [0.2, 0.25) is 11.4 Å². The summed E-state index contributed by atoms with van der Waals surface area (Å²) in [5.41, 5.74) is 20.8. The lowest BCUT2D eigenvalue weighted by Gasteiger charge is -2.27. The van der Waals surface area contributed by atoms with E-state index >= 15 is 0 Å². The molecule has 0 spiro atoms. The Morgan fingerprint density at radius 2 is 0.785 bits per heavy atom. The molecule has 2 atom stereocenters. The lowest BCUT2D eigenvalue weighted by atomic mass is 9.72. The van der Waals surface area contributed by atoms with Crippen molar-refractivity contribution in [1.82, 2.24) is 0 Å². The molecule has 0 fully saturated rings. The van der Waals surface area contributed by atoms with Gasteiger partial charge in [-0.3, -0.25) is 0 Å². The van der Waals surface area contributed by atoms with E-state index in [1.165, 1.54) is 112 Å². The Morgan fingerprint density at radius 3 is 1.18 bits per heavy atom. The fourth-order valence-corrected chi connectivity index (χ4v) is 14.9. The van der Waals surface area contributed by atoms with E-state index in [-0.39, 0.29) is 21.7 Å². The minimum absolute atomic E-state index is 0.105. The first kappa shape index (κ1) is 51.9. The molecule has 2 unspecified atom stereocenters. The van der Waals surface area contributed by atoms with Crippen molar-refractivity contribution >= 4 is 55.7 Å². The molecule has 0 saturated carbocycles.